The maximum absolute atomic E-state index is 12.3. The lowest BCUT2D eigenvalue weighted by Crippen LogP contribution is -2.28. The molecule has 0 fully saturated rings. The normalized spacial score (nSPS) is 12.1. The molecule has 3 aromatic rings. The first-order valence-corrected chi connectivity index (χ1v) is 7.96. The van der Waals surface area contributed by atoms with Crippen molar-refractivity contribution in [2.75, 3.05) is 0 Å². The molecule has 23 heavy (non-hydrogen) atoms. The van der Waals surface area contributed by atoms with E-state index in [9.17, 15) is 4.79 Å². The molecule has 0 aliphatic heterocycles. The summed E-state index contributed by atoms with van der Waals surface area (Å²) in [6.45, 7) is 4.10. The first-order valence-electron chi connectivity index (χ1n) is 7.96. The molecule has 0 unspecified atom stereocenters. The molecule has 0 aliphatic rings. The van der Waals surface area contributed by atoms with Gasteiger partial charge in [0, 0.05) is 0 Å². The molecule has 0 aromatic heterocycles. The van der Waals surface area contributed by atoms with Crippen molar-refractivity contribution in [3.05, 3.63) is 83.4 Å². The molecule has 1 atom stereocenters. The first kappa shape index (κ1) is 15.3. The van der Waals surface area contributed by atoms with E-state index in [0.29, 0.717) is 6.42 Å². The number of benzene rings is 3. The molecule has 0 radical (unpaired) electrons. The second-order valence-electron chi connectivity index (χ2n) is 6.00. The third-order valence-corrected chi connectivity index (χ3v) is 4.21. The van der Waals surface area contributed by atoms with Crippen molar-refractivity contribution >= 4 is 16.7 Å². The molecule has 1 amide bonds. The van der Waals surface area contributed by atoms with Gasteiger partial charge in [-0.05, 0) is 41.3 Å². The fourth-order valence-corrected chi connectivity index (χ4v) is 2.98. The van der Waals surface area contributed by atoms with Crippen LogP contribution in [0, 0.1) is 6.92 Å². The predicted octanol–water partition coefficient (Wildman–Crippen LogP) is 4.57. The molecule has 3 aromatic carbocycles. The lowest BCUT2D eigenvalue weighted by atomic mass is 10.0. The van der Waals surface area contributed by atoms with Crippen LogP contribution in [-0.2, 0) is 11.2 Å². The van der Waals surface area contributed by atoms with Gasteiger partial charge in [0.1, 0.15) is 0 Å². The summed E-state index contributed by atoms with van der Waals surface area (Å²) in [4.78, 5) is 12.3. The number of amides is 1. The van der Waals surface area contributed by atoms with Crippen LogP contribution in [0.5, 0.6) is 0 Å². The fourth-order valence-electron chi connectivity index (χ4n) is 2.98. The third kappa shape index (κ3) is 3.59. The Labute approximate surface area is 137 Å². The Bertz CT molecular complexity index is 838. The zero-order valence-corrected chi connectivity index (χ0v) is 13.5. The second kappa shape index (κ2) is 6.66. The van der Waals surface area contributed by atoms with E-state index in [-0.39, 0.29) is 11.9 Å². The smallest absolute Gasteiger partial charge is 0.224 e. The lowest BCUT2D eigenvalue weighted by Gasteiger charge is -2.16. The van der Waals surface area contributed by atoms with E-state index in [1.54, 1.807) is 0 Å². The molecular formula is C21H21NO. The minimum atomic E-state index is 0.0177. The molecule has 0 spiro atoms. The van der Waals surface area contributed by atoms with Crippen molar-refractivity contribution in [2.45, 2.75) is 26.3 Å². The van der Waals surface area contributed by atoms with E-state index in [2.05, 4.69) is 48.6 Å². The zero-order chi connectivity index (χ0) is 16.2. The van der Waals surface area contributed by atoms with Crippen molar-refractivity contribution in [1.82, 2.24) is 5.32 Å². The Morgan fingerprint density at radius 1 is 0.957 bits per heavy atom. The van der Waals surface area contributed by atoms with E-state index in [1.807, 2.05) is 37.3 Å². The van der Waals surface area contributed by atoms with Crippen molar-refractivity contribution in [1.29, 1.82) is 0 Å². The summed E-state index contributed by atoms with van der Waals surface area (Å²) >= 11 is 0. The number of carbonyl (C=O) groups is 1. The van der Waals surface area contributed by atoms with Crippen LogP contribution in [0.2, 0.25) is 0 Å². The van der Waals surface area contributed by atoms with Crippen molar-refractivity contribution in [3.63, 3.8) is 0 Å². The van der Waals surface area contributed by atoms with Crippen LogP contribution >= 0.6 is 0 Å². The van der Waals surface area contributed by atoms with Gasteiger partial charge in [0.2, 0.25) is 5.91 Å². The standard InChI is InChI=1S/C21H21NO/c1-15-7-3-6-10-20(15)16(2)22-21(23)14-17-11-12-18-8-4-5-9-19(18)13-17/h3-13,16H,14H2,1-2H3,(H,22,23)/t16-/m1/s1. The molecule has 0 heterocycles. The topological polar surface area (TPSA) is 29.1 Å². The summed E-state index contributed by atoms with van der Waals surface area (Å²) < 4.78 is 0. The van der Waals surface area contributed by atoms with Gasteiger partial charge in [-0.2, -0.15) is 0 Å². The van der Waals surface area contributed by atoms with Crippen LogP contribution in [0.25, 0.3) is 10.8 Å². The van der Waals surface area contributed by atoms with Crippen molar-refractivity contribution in [3.8, 4) is 0 Å². The van der Waals surface area contributed by atoms with Crippen LogP contribution in [-0.4, -0.2) is 5.91 Å². The van der Waals surface area contributed by atoms with Crippen molar-refractivity contribution in [2.24, 2.45) is 0 Å². The van der Waals surface area contributed by atoms with Gasteiger partial charge in [-0.15, -0.1) is 0 Å². The highest BCUT2D eigenvalue weighted by Gasteiger charge is 2.11. The molecule has 116 valence electrons. The Balaban J connectivity index is 1.69. The monoisotopic (exact) mass is 303 g/mol. The van der Waals surface area contributed by atoms with Crippen molar-refractivity contribution < 1.29 is 4.79 Å². The van der Waals surface area contributed by atoms with Gasteiger partial charge >= 0.3 is 0 Å². The van der Waals surface area contributed by atoms with Gasteiger partial charge in [0.25, 0.3) is 0 Å². The molecule has 0 aliphatic carbocycles. The Kier molecular flexibility index (Phi) is 4.42. The van der Waals surface area contributed by atoms with Gasteiger partial charge in [-0.1, -0.05) is 66.7 Å². The van der Waals surface area contributed by atoms with Crippen LogP contribution < -0.4 is 5.32 Å². The average Bonchev–Trinajstić information content (AvgIpc) is 2.55. The molecule has 1 N–H and O–H groups in total. The highest BCUT2D eigenvalue weighted by atomic mass is 16.1. The largest absolute Gasteiger partial charge is 0.349 e. The minimum Gasteiger partial charge on any atom is -0.349 e. The highest BCUT2D eigenvalue weighted by Crippen LogP contribution is 2.18. The number of carbonyl (C=O) groups excluding carboxylic acids is 1. The van der Waals surface area contributed by atoms with Crippen LogP contribution in [0.3, 0.4) is 0 Å². The maximum Gasteiger partial charge on any atom is 0.224 e. The average molecular weight is 303 g/mol. The number of hydrogen-bond acceptors (Lipinski definition) is 1. The Hall–Kier alpha value is -2.61. The molecule has 0 bridgehead atoms. The molecule has 2 nitrogen and oxygen atoms in total. The van der Waals surface area contributed by atoms with E-state index in [1.165, 1.54) is 21.9 Å². The Morgan fingerprint density at radius 3 is 2.43 bits per heavy atom. The van der Waals surface area contributed by atoms with Crippen LogP contribution in [0.4, 0.5) is 0 Å². The van der Waals surface area contributed by atoms with E-state index in [4.69, 9.17) is 0 Å². The highest BCUT2D eigenvalue weighted by molar-refractivity contribution is 5.85. The van der Waals surface area contributed by atoms with E-state index < -0.39 is 0 Å². The summed E-state index contributed by atoms with van der Waals surface area (Å²) in [6.07, 6.45) is 0.404. The summed E-state index contributed by atoms with van der Waals surface area (Å²) in [5.74, 6) is 0.0519. The second-order valence-corrected chi connectivity index (χ2v) is 6.00. The SMILES string of the molecule is Cc1ccccc1[C@@H](C)NC(=O)Cc1ccc2ccccc2c1. The molecule has 3 rings (SSSR count). The molecule has 0 saturated heterocycles. The zero-order valence-electron chi connectivity index (χ0n) is 13.5. The predicted molar refractivity (Wildman–Crippen MR) is 95.4 cm³/mol. The van der Waals surface area contributed by atoms with Gasteiger partial charge in [-0.25, -0.2) is 0 Å². The number of hydrogen-bond donors (Lipinski definition) is 1. The first-order chi connectivity index (χ1) is 11.1. The van der Waals surface area contributed by atoms with Gasteiger partial charge in [-0.3, -0.25) is 4.79 Å². The number of fused-ring (bicyclic) bond motifs is 1. The number of rotatable bonds is 4. The molecular weight excluding hydrogens is 282 g/mol. The minimum absolute atomic E-state index is 0.0177. The lowest BCUT2D eigenvalue weighted by molar-refractivity contribution is -0.121. The number of nitrogens with one attached hydrogen (secondary N) is 1. The third-order valence-electron chi connectivity index (χ3n) is 4.21. The fraction of sp³-hybridized carbons (Fsp3) is 0.190. The summed E-state index contributed by atoms with van der Waals surface area (Å²) in [5.41, 5.74) is 3.41. The van der Waals surface area contributed by atoms with Gasteiger partial charge in [0.15, 0.2) is 0 Å². The summed E-state index contributed by atoms with van der Waals surface area (Å²) in [7, 11) is 0. The quantitative estimate of drug-likeness (QED) is 0.751. The van der Waals surface area contributed by atoms with E-state index in [0.717, 1.165) is 5.56 Å². The number of aryl methyl sites for hydroxylation is 1. The van der Waals surface area contributed by atoms with Crippen LogP contribution in [0.15, 0.2) is 66.7 Å². The summed E-state index contributed by atoms with van der Waals surface area (Å²) in [5, 5.41) is 5.46. The van der Waals surface area contributed by atoms with Gasteiger partial charge in [0.05, 0.1) is 12.5 Å². The Morgan fingerprint density at radius 2 is 1.65 bits per heavy atom. The molecule has 2 heteroatoms. The molecule has 0 saturated carbocycles. The van der Waals surface area contributed by atoms with E-state index >= 15 is 0 Å². The van der Waals surface area contributed by atoms with Gasteiger partial charge < -0.3 is 5.32 Å². The maximum atomic E-state index is 12.3. The summed E-state index contributed by atoms with van der Waals surface area (Å²) in [6, 6.07) is 22.6. The van der Waals surface area contributed by atoms with Crippen LogP contribution in [0.1, 0.15) is 29.7 Å².